The summed E-state index contributed by atoms with van der Waals surface area (Å²) in [4.78, 5) is 1.32. The maximum absolute atomic E-state index is 13.9. The highest BCUT2D eigenvalue weighted by molar-refractivity contribution is 5.95. The van der Waals surface area contributed by atoms with E-state index >= 15 is 0 Å². The fraction of sp³-hybridized carbons (Fsp3) is 0.417. The van der Waals surface area contributed by atoms with E-state index in [-0.39, 0.29) is 17.9 Å². The molecule has 0 amide bonds. The van der Waals surface area contributed by atoms with Crippen LogP contribution in [-0.4, -0.2) is 30.1 Å². The first kappa shape index (κ1) is 14.4. The molecule has 0 saturated carbocycles. The summed E-state index contributed by atoms with van der Waals surface area (Å²) >= 11 is 0. The van der Waals surface area contributed by atoms with E-state index in [0.717, 1.165) is 12.1 Å². The van der Waals surface area contributed by atoms with Crippen LogP contribution in [0.3, 0.4) is 0 Å². The van der Waals surface area contributed by atoms with Gasteiger partial charge in [-0.3, -0.25) is 5.41 Å². The van der Waals surface area contributed by atoms with Crippen LogP contribution in [0.4, 0.5) is 14.5 Å². The third kappa shape index (κ3) is 2.59. The number of halogens is 2. The molecule has 0 bridgehead atoms. The van der Waals surface area contributed by atoms with Crippen molar-refractivity contribution >= 4 is 11.5 Å². The minimum atomic E-state index is -0.816. The number of nitrogens with two attached hydrogens (primary N) is 1. The lowest BCUT2D eigenvalue weighted by atomic mass is 10.0. The van der Waals surface area contributed by atoms with Crippen LogP contribution in [0.2, 0.25) is 0 Å². The number of hydrogen-bond donors (Lipinski definition) is 3. The van der Waals surface area contributed by atoms with Crippen molar-refractivity contribution in [2.45, 2.75) is 19.4 Å². The lowest BCUT2D eigenvalue weighted by molar-refractivity contribution is 0.215. The number of amidine groups is 1. The Morgan fingerprint density at radius 3 is 2.17 bits per heavy atom. The predicted molar refractivity (Wildman–Crippen MR) is 66.9 cm³/mol. The van der Waals surface area contributed by atoms with E-state index < -0.39 is 23.0 Å². The van der Waals surface area contributed by atoms with Crippen LogP contribution in [0.15, 0.2) is 12.1 Å². The number of hydrogen-bond acceptors (Lipinski definition) is 3. The summed E-state index contributed by atoms with van der Waals surface area (Å²) in [6, 6.07) is 2.01. The molecule has 4 nitrogen and oxygen atoms in total. The third-order valence-electron chi connectivity index (χ3n) is 2.96. The minimum absolute atomic E-state index is 0.0102. The van der Waals surface area contributed by atoms with Gasteiger partial charge in [-0.25, -0.2) is 8.78 Å². The van der Waals surface area contributed by atoms with Crippen molar-refractivity contribution in [3.8, 4) is 0 Å². The van der Waals surface area contributed by atoms with Gasteiger partial charge in [0.1, 0.15) is 23.2 Å². The number of nitrogen functional groups attached to an aromatic ring is 1. The Morgan fingerprint density at radius 1 is 1.39 bits per heavy atom. The van der Waals surface area contributed by atoms with E-state index in [2.05, 4.69) is 0 Å². The average Bonchev–Trinajstić information content (AvgIpc) is 2.27. The third-order valence-corrected chi connectivity index (χ3v) is 2.96. The monoisotopic (exact) mass is 257 g/mol. The minimum Gasteiger partial charge on any atom is -0.394 e. The molecule has 1 rings (SSSR count). The number of benzene rings is 1. The maximum atomic E-state index is 13.9. The topological polar surface area (TPSA) is 73.3 Å². The standard InChI is InChI=1S/C12H17F2N3O/c1-12(2,6-18)17(3)10-8(13)4-7(11(15)16)5-9(10)14/h4-5,18H,6H2,1-3H3,(H3,15,16). The van der Waals surface area contributed by atoms with Gasteiger partial charge in [0.2, 0.25) is 0 Å². The van der Waals surface area contributed by atoms with Crippen LogP contribution in [-0.2, 0) is 0 Å². The number of aliphatic hydroxyl groups is 1. The quantitative estimate of drug-likeness (QED) is 0.564. The van der Waals surface area contributed by atoms with Crippen LogP contribution in [0.1, 0.15) is 19.4 Å². The SMILES string of the molecule is CN(c1c(F)cc(C(=N)N)cc1F)C(C)(C)CO. The number of likely N-dealkylation sites (N-methyl/N-ethyl adjacent to an activating group) is 1. The summed E-state index contributed by atoms with van der Waals surface area (Å²) in [6.07, 6.45) is 0. The van der Waals surface area contributed by atoms with E-state index in [1.54, 1.807) is 13.8 Å². The molecule has 1 aromatic rings. The molecule has 0 aliphatic heterocycles. The maximum Gasteiger partial charge on any atom is 0.150 e. The summed E-state index contributed by atoms with van der Waals surface area (Å²) in [5.74, 6) is -2.03. The van der Waals surface area contributed by atoms with Gasteiger partial charge >= 0.3 is 0 Å². The van der Waals surface area contributed by atoms with Gasteiger partial charge in [-0.05, 0) is 26.0 Å². The Bertz CT molecular complexity index is 451. The summed E-state index contributed by atoms with van der Waals surface area (Å²) in [5.41, 5.74) is 4.12. The molecule has 0 radical (unpaired) electrons. The van der Waals surface area contributed by atoms with Crippen molar-refractivity contribution in [2.24, 2.45) is 5.73 Å². The molecule has 18 heavy (non-hydrogen) atoms. The van der Waals surface area contributed by atoms with Gasteiger partial charge in [-0.1, -0.05) is 0 Å². The van der Waals surface area contributed by atoms with Crippen molar-refractivity contribution < 1.29 is 13.9 Å². The van der Waals surface area contributed by atoms with E-state index in [0.29, 0.717) is 0 Å². The molecule has 6 heteroatoms. The van der Waals surface area contributed by atoms with Gasteiger partial charge in [0.25, 0.3) is 0 Å². The van der Waals surface area contributed by atoms with Crippen LogP contribution < -0.4 is 10.6 Å². The first-order chi connectivity index (χ1) is 8.20. The fourth-order valence-electron chi connectivity index (χ4n) is 1.45. The smallest absolute Gasteiger partial charge is 0.150 e. The Kier molecular flexibility index (Phi) is 3.91. The molecule has 0 unspecified atom stereocenters. The zero-order valence-corrected chi connectivity index (χ0v) is 10.6. The van der Waals surface area contributed by atoms with Crippen molar-refractivity contribution in [1.82, 2.24) is 0 Å². The van der Waals surface area contributed by atoms with Crippen molar-refractivity contribution in [3.05, 3.63) is 29.3 Å². The van der Waals surface area contributed by atoms with E-state index in [9.17, 15) is 13.9 Å². The lowest BCUT2D eigenvalue weighted by Gasteiger charge is -2.36. The molecule has 0 aliphatic carbocycles. The number of rotatable bonds is 4. The normalized spacial score (nSPS) is 11.4. The van der Waals surface area contributed by atoms with Crippen LogP contribution in [0, 0.1) is 17.0 Å². The lowest BCUT2D eigenvalue weighted by Crippen LogP contribution is -2.45. The first-order valence-electron chi connectivity index (χ1n) is 5.39. The summed E-state index contributed by atoms with van der Waals surface area (Å²) < 4.78 is 27.7. The van der Waals surface area contributed by atoms with Crippen molar-refractivity contribution in [3.63, 3.8) is 0 Å². The molecule has 4 N–H and O–H groups in total. The zero-order valence-electron chi connectivity index (χ0n) is 10.6. The van der Waals surface area contributed by atoms with E-state index in [4.69, 9.17) is 11.1 Å². The molecule has 0 aliphatic rings. The predicted octanol–water partition coefficient (Wildman–Crippen LogP) is 1.46. The number of nitrogens with one attached hydrogen (secondary N) is 1. The molecule has 0 aromatic heterocycles. The molecule has 0 atom stereocenters. The second-order valence-corrected chi connectivity index (χ2v) is 4.73. The zero-order chi connectivity index (χ0) is 14.1. The summed E-state index contributed by atoms with van der Waals surface area (Å²) in [6.45, 7) is 3.06. The number of nitrogens with zero attached hydrogens (tertiary/aromatic N) is 1. The van der Waals surface area contributed by atoms with Crippen LogP contribution in [0.5, 0.6) is 0 Å². The summed E-state index contributed by atoms with van der Waals surface area (Å²) in [7, 11) is 1.49. The van der Waals surface area contributed by atoms with E-state index in [1.807, 2.05) is 0 Å². The number of anilines is 1. The highest BCUT2D eigenvalue weighted by Crippen LogP contribution is 2.29. The summed E-state index contributed by atoms with van der Waals surface area (Å²) in [5, 5.41) is 16.4. The number of aliphatic hydroxyl groups excluding tert-OH is 1. The van der Waals surface area contributed by atoms with Gasteiger partial charge in [0, 0.05) is 12.6 Å². The molecule has 100 valence electrons. The molecular formula is C12H17F2N3O. The Labute approximate surface area is 105 Å². The van der Waals surface area contributed by atoms with Gasteiger partial charge in [-0.15, -0.1) is 0 Å². The van der Waals surface area contributed by atoms with Gasteiger partial charge in [0.15, 0.2) is 0 Å². The van der Waals surface area contributed by atoms with Crippen molar-refractivity contribution in [1.29, 1.82) is 5.41 Å². The Morgan fingerprint density at radius 2 is 1.83 bits per heavy atom. The van der Waals surface area contributed by atoms with Crippen LogP contribution in [0.25, 0.3) is 0 Å². The highest BCUT2D eigenvalue weighted by Gasteiger charge is 2.27. The fourth-order valence-corrected chi connectivity index (χ4v) is 1.45. The molecule has 1 aromatic carbocycles. The average molecular weight is 257 g/mol. The molecule has 0 saturated heterocycles. The highest BCUT2D eigenvalue weighted by atomic mass is 19.1. The molecule has 0 spiro atoms. The first-order valence-corrected chi connectivity index (χ1v) is 5.39. The second kappa shape index (κ2) is 4.89. The van der Waals surface area contributed by atoms with Gasteiger partial charge in [0.05, 0.1) is 12.1 Å². The van der Waals surface area contributed by atoms with E-state index in [1.165, 1.54) is 11.9 Å². The van der Waals surface area contributed by atoms with Crippen molar-refractivity contribution in [2.75, 3.05) is 18.6 Å². The molecular weight excluding hydrogens is 240 g/mol. The second-order valence-electron chi connectivity index (χ2n) is 4.73. The molecule has 0 heterocycles. The largest absolute Gasteiger partial charge is 0.394 e. The van der Waals surface area contributed by atoms with Crippen LogP contribution >= 0.6 is 0 Å². The molecule has 0 fully saturated rings. The Balaban J connectivity index is 3.31. The Hall–Kier alpha value is -1.69. The van der Waals surface area contributed by atoms with Gasteiger partial charge in [-0.2, -0.15) is 0 Å². The van der Waals surface area contributed by atoms with Gasteiger partial charge < -0.3 is 15.7 Å².